The number of nitrogens with zero attached hydrogens (tertiary/aromatic N) is 2. The zero-order valence-corrected chi connectivity index (χ0v) is 18.4. The van der Waals surface area contributed by atoms with Crippen LogP contribution in [0.4, 0.5) is 0 Å². The summed E-state index contributed by atoms with van der Waals surface area (Å²) in [5.41, 5.74) is 3.02. The average Bonchev–Trinajstić information content (AvgIpc) is 3.33. The molecular weight excluding hydrogens is 386 g/mol. The van der Waals surface area contributed by atoms with Gasteiger partial charge in [0, 0.05) is 38.3 Å². The molecule has 2 aromatic rings. The molecule has 1 heterocycles. The fraction of sp³-hybridized carbons (Fsp3) is 0.462. The first-order valence-corrected chi connectivity index (χ1v) is 11.5. The predicted molar refractivity (Wildman–Crippen MR) is 123 cm³/mol. The minimum atomic E-state index is -0.0946. The number of nitrogens with one attached hydrogen (secondary N) is 1. The van der Waals surface area contributed by atoms with Gasteiger partial charge in [0.1, 0.15) is 0 Å². The van der Waals surface area contributed by atoms with E-state index >= 15 is 0 Å². The van der Waals surface area contributed by atoms with E-state index in [9.17, 15) is 9.59 Å². The van der Waals surface area contributed by atoms with Crippen molar-refractivity contribution in [2.75, 3.05) is 26.2 Å². The SMILES string of the molecule is Cc1ccc(C(=O)N2CCN(C(C(=O)NCc3ccccc3)C3CCCC3)CC2)cc1. The molecule has 5 heteroatoms. The molecule has 5 nitrogen and oxygen atoms in total. The van der Waals surface area contributed by atoms with E-state index in [0.717, 1.165) is 42.6 Å². The molecule has 2 amide bonds. The van der Waals surface area contributed by atoms with E-state index in [1.165, 1.54) is 12.8 Å². The molecule has 2 fully saturated rings. The lowest BCUT2D eigenvalue weighted by molar-refractivity contribution is -0.129. The maximum Gasteiger partial charge on any atom is 0.253 e. The molecule has 4 rings (SSSR count). The van der Waals surface area contributed by atoms with Crippen LogP contribution in [0.2, 0.25) is 0 Å². The molecule has 0 aromatic heterocycles. The van der Waals surface area contributed by atoms with Crippen LogP contribution in [0.15, 0.2) is 54.6 Å². The van der Waals surface area contributed by atoms with Crippen LogP contribution in [0.25, 0.3) is 0 Å². The maximum absolute atomic E-state index is 13.2. The number of benzene rings is 2. The Morgan fingerprint density at radius 3 is 2.23 bits per heavy atom. The molecule has 2 aromatic carbocycles. The summed E-state index contributed by atoms with van der Waals surface area (Å²) >= 11 is 0. The Bertz CT molecular complexity index is 867. The minimum absolute atomic E-state index is 0.0885. The van der Waals surface area contributed by atoms with Crippen LogP contribution >= 0.6 is 0 Å². The summed E-state index contributed by atoms with van der Waals surface area (Å²) in [7, 11) is 0. The van der Waals surface area contributed by atoms with Gasteiger partial charge in [-0.3, -0.25) is 14.5 Å². The standard InChI is InChI=1S/C26H33N3O2/c1-20-11-13-23(14-12-20)26(31)29-17-15-28(16-18-29)24(22-9-5-6-10-22)25(30)27-19-21-7-3-2-4-8-21/h2-4,7-8,11-14,22,24H,5-6,9-10,15-19H2,1H3,(H,27,30). The van der Waals surface area contributed by atoms with E-state index in [-0.39, 0.29) is 17.9 Å². The highest BCUT2D eigenvalue weighted by Crippen LogP contribution is 2.31. The largest absolute Gasteiger partial charge is 0.351 e. The van der Waals surface area contributed by atoms with Gasteiger partial charge in [0.05, 0.1) is 6.04 Å². The lowest BCUT2D eigenvalue weighted by Gasteiger charge is -2.40. The molecule has 1 unspecified atom stereocenters. The van der Waals surface area contributed by atoms with Gasteiger partial charge in [-0.25, -0.2) is 0 Å². The predicted octanol–water partition coefficient (Wildman–Crippen LogP) is 3.63. The van der Waals surface area contributed by atoms with Crippen molar-refractivity contribution in [3.8, 4) is 0 Å². The lowest BCUT2D eigenvalue weighted by Crippen LogP contribution is -2.57. The summed E-state index contributed by atoms with van der Waals surface area (Å²) in [5.74, 6) is 0.634. The highest BCUT2D eigenvalue weighted by Gasteiger charge is 2.37. The van der Waals surface area contributed by atoms with Gasteiger partial charge in [0.2, 0.25) is 5.91 Å². The molecule has 0 bridgehead atoms. The number of amides is 2. The Kier molecular flexibility index (Phi) is 7.03. The van der Waals surface area contributed by atoms with Crippen LogP contribution in [-0.2, 0) is 11.3 Å². The van der Waals surface area contributed by atoms with Crippen molar-refractivity contribution in [1.82, 2.24) is 15.1 Å². The van der Waals surface area contributed by atoms with Crippen molar-refractivity contribution in [1.29, 1.82) is 0 Å². The van der Waals surface area contributed by atoms with Crippen LogP contribution < -0.4 is 5.32 Å². The number of piperazine rings is 1. The zero-order chi connectivity index (χ0) is 21.6. The van der Waals surface area contributed by atoms with E-state index < -0.39 is 0 Å². The second-order valence-corrected chi connectivity index (χ2v) is 8.89. The first-order chi connectivity index (χ1) is 15.1. The fourth-order valence-corrected chi connectivity index (χ4v) is 4.92. The van der Waals surface area contributed by atoms with Crippen molar-refractivity contribution >= 4 is 11.8 Å². The van der Waals surface area contributed by atoms with Crippen molar-refractivity contribution < 1.29 is 9.59 Å². The summed E-state index contributed by atoms with van der Waals surface area (Å²) in [6.07, 6.45) is 4.65. The third kappa shape index (κ3) is 5.34. The summed E-state index contributed by atoms with van der Waals surface area (Å²) in [5, 5.41) is 3.18. The Hall–Kier alpha value is -2.66. The third-order valence-corrected chi connectivity index (χ3v) is 6.72. The number of hydrogen-bond acceptors (Lipinski definition) is 3. The number of rotatable bonds is 6. The summed E-state index contributed by atoms with van der Waals surface area (Å²) in [6.45, 7) is 5.42. The van der Waals surface area contributed by atoms with Crippen molar-refractivity contribution in [3.63, 3.8) is 0 Å². The topological polar surface area (TPSA) is 52.7 Å². The smallest absolute Gasteiger partial charge is 0.253 e. The molecule has 2 aliphatic rings. The lowest BCUT2D eigenvalue weighted by atomic mass is 9.94. The Morgan fingerprint density at radius 1 is 0.935 bits per heavy atom. The van der Waals surface area contributed by atoms with Gasteiger partial charge in [-0.15, -0.1) is 0 Å². The van der Waals surface area contributed by atoms with Gasteiger partial charge in [0.15, 0.2) is 0 Å². The molecule has 0 radical (unpaired) electrons. The summed E-state index contributed by atoms with van der Waals surface area (Å²) in [6, 6.07) is 17.8. The molecule has 1 aliphatic heterocycles. The molecule has 0 spiro atoms. The highest BCUT2D eigenvalue weighted by atomic mass is 16.2. The Balaban J connectivity index is 1.38. The molecule has 31 heavy (non-hydrogen) atoms. The van der Waals surface area contributed by atoms with Gasteiger partial charge in [-0.05, 0) is 43.4 Å². The molecule has 1 N–H and O–H groups in total. The molecule has 164 valence electrons. The van der Waals surface area contributed by atoms with E-state index in [0.29, 0.717) is 25.6 Å². The fourth-order valence-electron chi connectivity index (χ4n) is 4.92. The highest BCUT2D eigenvalue weighted by molar-refractivity contribution is 5.94. The van der Waals surface area contributed by atoms with Crippen LogP contribution in [0.5, 0.6) is 0 Å². The number of carbonyl (C=O) groups excluding carboxylic acids is 2. The number of aryl methyl sites for hydroxylation is 1. The number of hydrogen-bond donors (Lipinski definition) is 1. The van der Waals surface area contributed by atoms with E-state index in [1.807, 2.05) is 66.4 Å². The monoisotopic (exact) mass is 419 g/mol. The second-order valence-electron chi connectivity index (χ2n) is 8.89. The zero-order valence-electron chi connectivity index (χ0n) is 18.4. The molecular formula is C26H33N3O2. The van der Waals surface area contributed by atoms with Gasteiger partial charge >= 0.3 is 0 Å². The van der Waals surface area contributed by atoms with Gasteiger partial charge < -0.3 is 10.2 Å². The molecule has 1 atom stereocenters. The van der Waals surface area contributed by atoms with Crippen LogP contribution in [0.1, 0.15) is 47.2 Å². The molecule has 1 saturated heterocycles. The van der Waals surface area contributed by atoms with Gasteiger partial charge in [0.25, 0.3) is 5.91 Å². The van der Waals surface area contributed by atoms with E-state index in [2.05, 4.69) is 10.2 Å². The van der Waals surface area contributed by atoms with Gasteiger partial charge in [-0.1, -0.05) is 60.9 Å². The van der Waals surface area contributed by atoms with Gasteiger partial charge in [-0.2, -0.15) is 0 Å². The maximum atomic E-state index is 13.2. The summed E-state index contributed by atoms with van der Waals surface area (Å²) < 4.78 is 0. The summed E-state index contributed by atoms with van der Waals surface area (Å²) in [4.78, 5) is 30.3. The quantitative estimate of drug-likeness (QED) is 0.778. The first-order valence-electron chi connectivity index (χ1n) is 11.5. The third-order valence-electron chi connectivity index (χ3n) is 6.72. The number of carbonyl (C=O) groups is 2. The van der Waals surface area contributed by atoms with Crippen molar-refractivity contribution in [3.05, 3.63) is 71.3 Å². The second kappa shape index (κ2) is 10.1. The van der Waals surface area contributed by atoms with Crippen molar-refractivity contribution in [2.45, 2.75) is 45.2 Å². The average molecular weight is 420 g/mol. The van der Waals surface area contributed by atoms with Crippen LogP contribution in [-0.4, -0.2) is 53.8 Å². The van der Waals surface area contributed by atoms with E-state index in [1.54, 1.807) is 0 Å². The Morgan fingerprint density at radius 2 is 1.58 bits per heavy atom. The molecule has 1 aliphatic carbocycles. The first kappa shape index (κ1) is 21.6. The normalized spacial score (nSPS) is 18.7. The molecule has 1 saturated carbocycles. The minimum Gasteiger partial charge on any atom is -0.351 e. The van der Waals surface area contributed by atoms with Crippen LogP contribution in [0, 0.1) is 12.8 Å². The Labute approximate surface area is 185 Å². The van der Waals surface area contributed by atoms with Crippen LogP contribution in [0.3, 0.4) is 0 Å². The van der Waals surface area contributed by atoms with E-state index in [4.69, 9.17) is 0 Å². The van der Waals surface area contributed by atoms with Crippen molar-refractivity contribution in [2.24, 2.45) is 5.92 Å².